The van der Waals surface area contributed by atoms with Crippen LogP contribution in [0.1, 0.15) is 16.1 Å². The van der Waals surface area contributed by atoms with Crippen molar-refractivity contribution < 1.29 is 27.1 Å². The van der Waals surface area contributed by atoms with Gasteiger partial charge in [-0.3, -0.25) is 4.79 Å². The van der Waals surface area contributed by atoms with Crippen molar-refractivity contribution in [1.29, 1.82) is 0 Å². The predicted octanol–water partition coefficient (Wildman–Crippen LogP) is 3.02. The van der Waals surface area contributed by atoms with Crippen LogP contribution in [0.4, 0.5) is 17.6 Å². The lowest BCUT2D eigenvalue weighted by molar-refractivity contribution is -0.233. The van der Waals surface area contributed by atoms with Crippen LogP contribution in [0.3, 0.4) is 0 Å². The van der Waals surface area contributed by atoms with Crippen molar-refractivity contribution in [3.8, 4) is 0 Å². The predicted molar refractivity (Wildman–Crippen MR) is 74.7 cm³/mol. The van der Waals surface area contributed by atoms with E-state index < -0.39 is 30.5 Å². The molecule has 0 aliphatic carbocycles. The molecule has 0 bridgehead atoms. The minimum absolute atomic E-state index is 0.0780. The molecule has 3 rings (SSSR count). The highest BCUT2D eigenvalue weighted by Crippen LogP contribution is 2.28. The number of alkyl halides is 3. The number of nitrogens with zero attached hydrogens (tertiary/aromatic N) is 1. The molecule has 4 nitrogen and oxygen atoms in total. The van der Waals surface area contributed by atoms with Crippen LogP contribution >= 0.6 is 0 Å². The lowest BCUT2D eigenvalue weighted by Crippen LogP contribution is -2.51. The number of benzene rings is 1. The van der Waals surface area contributed by atoms with Crippen LogP contribution in [0.5, 0.6) is 0 Å². The second kappa shape index (κ2) is 5.52. The highest BCUT2D eigenvalue weighted by atomic mass is 19.4. The lowest BCUT2D eigenvalue weighted by Gasteiger charge is -2.33. The maximum absolute atomic E-state index is 13.3. The smallest absolute Gasteiger partial charge is 0.365 e. The van der Waals surface area contributed by atoms with Crippen molar-refractivity contribution in [2.24, 2.45) is 0 Å². The van der Waals surface area contributed by atoms with Crippen LogP contribution in [0.25, 0.3) is 10.9 Å². The molecule has 8 heteroatoms. The number of carbonyl (C=O) groups excluding carboxylic acids is 1. The van der Waals surface area contributed by atoms with E-state index in [0.29, 0.717) is 16.5 Å². The average molecular weight is 330 g/mol. The Morgan fingerprint density at radius 1 is 1.39 bits per heavy atom. The molecule has 1 fully saturated rings. The van der Waals surface area contributed by atoms with Crippen LogP contribution < -0.4 is 0 Å². The Hall–Kier alpha value is -2.09. The van der Waals surface area contributed by atoms with E-state index in [1.165, 1.54) is 18.2 Å². The Morgan fingerprint density at radius 3 is 2.83 bits per heavy atom. The molecule has 1 aliphatic rings. The number of aryl methyl sites for hydroxylation is 1. The highest BCUT2D eigenvalue weighted by molar-refractivity contribution is 6.00. The molecule has 1 N–H and O–H groups in total. The molecule has 1 aliphatic heterocycles. The molecular formula is C15H14F4N2O2. The molecule has 0 radical (unpaired) electrons. The van der Waals surface area contributed by atoms with Gasteiger partial charge >= 0.3 is 6.18 Å². The number of morpholine rings is 1. The zero-order chi connectivity index (χ0) is 16.8. The molecule has 1 aromatic carbocycles. The number of rotatable bonds is 1. The number of carbonyl (C=O) groups is 1. The van der Waals surface area contributed by atoms with Gasteiger partial charge in [0.2, 0.25) is 0 Å². The summed E-state index contributed by atoms with van der Waals surface area (Å²) in [4.78, 5) is 16.5. The van der Waals surface area contributed by atoms with Gasteiger partial charge in [-0.25, -0.2) is 4.39 Å². The van der Waals surface area contributed by atoms with Crippen LogP contribution in [-0.4, -0.2) is 47.8 Å². The van der Waals surface area contributed by atoms with Crippen molar-refractivity contribution >= 4 is 16.8 Å². The average Bonchev–Trinajstić information content (AvgIpc) is 2.83. The van der Waals surface area contributed by atoms with Crippen molar-refractivity contribution in [2.45, 2.75) is 19.2 Å². The van der Waals surface area contributed by atoms with Gasteiger partial charge in [0.15, 0.2) is 6.10 Å². The second-order valence-electron chi connectivity index (χ2n) is 5.47. The van der Waals surface area contributed by atoms with Gasteiger partial charge in [-0.2, -0.15) is 13.2 Å². The molecule has 0 spiro atoms. The molecular weight excluding hydrogens is 316 g/mol. The van der Waals surface area contributed by atoms with E-state index in [1.54, 1.807) is 6.92 Å². The van der Waals surface area contributed by atoms with Gasteiger partial charge < -0.3 is 14.6 Å². The molecule has 2 heterocycles. The Kier molecular flexibility index (Phi) is 3.79. The van der Waals surface area contributed by atoms with Crippen molar-refractivity contribution in [1.82, 2.24) is 9.88 Å². The van der Waals surface area contributed by atoms with Crippen molar-refractivity contribution in [3.05, 3.63) is 35.3 Å². The molecule has 2 aromatic rings. The fraction of sp³-hybridized carbons (Fsp3) is 0.400. The Morgan fingerprint density at radius 2 is 2.13 bits per heavy atom. The summed E-state index contributed by atoms with van der Waals surface area (Å²) in [6.45, 7) is 0.983. The number of fused-ring (bicyclic) bond motifs is 1. The Bertz CT molecular complexity index is 754. The van der Waals surface area contributed by atoms with E-state index in [2.05, 4.69) is 9.72 Å². The normalized spacial score (nSPS) is 19.3. The molecule has 1 atom stereocenters. The molecule has 1 unspecified atom stereocenters. The van der Waals surface area contributed by atoms with Gasteiger partial charge in [0.05, 0.1) is 13.2 Å². The monoisotopic (exact) mass is 330 g/mol. The number of H-pyrrole nitrogens is 1. The SMILES string of the molecule is Cc1c(C(=O)N2CCOC(C(F)(F)F)C2)[nH]c2ccc(F)cc12. The number of nitrogens with one attached hydrogen (secondary N) is 1. The molecule has 0 saturated carbocycles. The topological polar surface area (TPSA) is 45.3 Å². The van der Waals surface area contributed by atoms with E-state index in [1.807, 2.05) is 0 Å². The van der Waals surface area contributed by atoms with E-state index in [-0.39, 0.29) is 18.8 Å². The Labute approximate surface area is 129 Å². The highest BCUT2D eigenvalue weighted by Gasteiger charge is 2.44. The number of amides is 1. The quantitative estimate of drug-likeness (QED) is 0.817. The number of hydrogen-bond donors (Lipinski definition) is 1. The molecule has 23 heavy (non-hydrogen) atoms. The lowest BCUT2D eigenvalue weighted by atomic mass is 10.1. The van der Waals surface area contributed by atoms with E-state index in [9.17, 15) is 22.4 Å². The fourth-order valence-electron chi connectivity index (χ4n) is 2.70. The van der Waals surface area contributed by atoms with Crippen LogP contribution in [0, 0.1) is 12.7 Å². The first-order valence-corrected chi connectivity index (χ1v) is 7.03. The number of halogens is 4. The minimum atomic E-state index is -4.52. The molecule has 1 amide bonds. The number of hydrogen-bond acceptors (Lipinski definition) is 2. The number of aromatic amines is 1. The van der Waals surface area contributed by atoms with Gasteiger partial charge in [-0.05, 0) is 30.7 Å². The molecule has 124 valence electrons. The minimum Gasteiger partial charge on any atom is -0.365 e. The fourth-order valence-corrected chi connectivity index (χ4v) is 2.70. The van der Waals surface area contributed by atoms with E-state index in [4.69, 9.17) is 0 Å². The van der Waals surface area contributed by atoms with Crippen LogP contribution in [0.15, 0.2) is 18.2 Å². The number of aromatic nitrogens is 1. The van der Waals surface area contributed by atoms with Crippen molar-refractivity contribution in [2.75, 3.05) is 19.7 Å². The summed E-state index contributed by atoms with van der Waals surface area (Å²) in [6.07, 6.45) is -6.50. The first-order valence-electron chi connectivity index (χ1n) is 7.03. The zero-order valence-corrected chi connectivity index (χ0v) is 12.2. The molecule has 1 saturated heterocycles. The largest absolute Gasteiger partial charge is 0.416 e. The standard InChI is InChI=1S/C15H14F4N2O2/c1-8-10-6-9(16)2-3-11(10)20-13(8)14(22)21-4-5-23-12(7-21)15(17,18)19/h2-3,6,12,20H,4-5,7H2,1H3. The van der Waals surface area contributed by atoms with Gasteiger partial charge in [-0.1, -0.05) is 0 Å². The van der Waals surface area contributed by atoms with Gasteiger partial charge in [0.25, 0.3) is 5.91 Å². The van der Waals surface area contributed by atoms with E-state index in [0.717, 1.165) is 4.90 Å². The summed E-state index contributed by atoms with van der Waals surface area (Å²) in [7, 11) is 0. The van der Waals surface area contributed by atoms with Crippen LogP contribution in [0.2, 0.25) is 0 Å². The maximum atomic E-state index is 13.3. The summed E-state index contributed by atoms with van der Waals surface area (Å²) in [5.74, 6) is -0.987. The Balaban J connectivity index is 1.90. The van der Waals surface area contributed by atoms with E-state index >= 15 is 0 Å². The van der Waals surface area contributed by atoms with Crippen molar-refractivity contribution in [3.63, 3.8) is 0 Å². The van der Waals surface area contributed by atoms with Gasteiger partial charge in [0, 0.05) is 17.4 Å². The zero-order valence-electron chi connectivity index (χ0n) is 12.2. The maximum Gasteiger partial charge on any atom is 0.416 e. The third-order valence-corrected chi connectivity index (χ3v) is 3.95. The van der Waals surface area contributed by atoms with Crippen LogP contribution in [-0.2, 0) is 4.74 Å². The third kappa shape index (κ3) is 2.90. The molecule has 1 aromatic heterocycles. The summed E-state index contributed by atoms with van der Waals surface area (Å²) in [5, 5.41) is 0.536. The van der Waals surface area contributed by atoms with Gasteiger partial charge in [0.1, 0.15) is 11.5 Å². The summed E-state index contributed by atoms with van der Waals surface area (Å²) in [6, 6.07) is 4.03. The third-order valence-electron chi connectivity index (χ3n) is 3.95. The second-order valence-corrected chi connectivity index (χ2v) is 5.47. The van der Waals surface area contributed by atoms with Gasteiger partial charge in [-0.15, -0.1) is 0 Å². The first kappa shape index (κ1) is 15.8. The first-order chi connectivity index (χ1) is 10.8. The number of ether oxygens (including phenoxy) is 1. The summed E-state index contributed by atoms with van der Waals surface area (Å²) in [5.41, 5.74) is 1.25. The summed E-state index contributed by atoms with van der Waals surface area (Å²) < 4.78 is 56.3. The summed E-state index contributed by atoms with van der Waals surface area (Å²) >= 11 is 0.